The fourth-order valence-corrected chi connectivity index (χ4v) is 2.44. The molecule has 1 aromatic heterocycles. The molecule has 134 valence electrons. The molecule has 0 bridgehead atoms. The second-order valence-electron chi connectivity index (χ2n) is 5.50. The van der Waals surface area contributed by atoms with Crippen molar-refractivity contribution >= 4 is 35.3 Å². The van der Waals surface area contributed by atoms with E-state index in [1.165, 1.54) is 6.21 Å². The van der Waals surface area contributed by atoms with Crippen LogP contribution in [0.4, 0.5) is 5.69 Å². The molecule has 0 saturated heterocycles. The Kier molecular flexibility index (Phi) is 5.91. The Labute approximate surface area is 160 Å². The SMILES string of the molecule is O=C(N/N=C\c1ccccn1)c1cccc(NC(=O)c2cccc(Cl)c2)c1. The lowest BCUT2D eigenvalue weighted by atomic mass is 10.1. The predicted molar refractivity (Wildman–Crippen MR) is 105 cm³/mol. The Morgan fingerprint density at radius 2 is 1.70 bits per heavy atom. The molecule has 0 aliphatic carbocycles. The third kappa shape index (κ3) is 5.23. The minimum atomic E-state index is -0.402. The number of amides is 2. The van der Waals surface area contributed by atoms with Gasteiger partial charge in [0.05, 0.1) is 11.9 Å². The van der Waals surface area contributed by atoms with Gasteiger partial charge in [0.15, 0.2) is 0 Å². The molecule has 2 N–H and O–H groups in total. The van der Waals surface area contributed by atoms with Crippen molar-refractivity contribution in [3.63, 3.8) is 0 Å². The van der Waals surface area contributed by atoms with Gasteiger partial charge in [-0.2, -0.15) is 5.10 Å². The smallest absolute Gasteiger partial charge is 0.271 e. The molecule has 7 heteroatoms. The average Bonchev–Trinajstić information content (AvgIpc) is 2.69. The van der Waals surface area contributed by atoms with E-state index in [2.05, 4.69) is 20.8 Å². The quantitative estimate of drug-likeness (QED) is 0.524. The number of rotatable bonds is 5. The van der Waals surface area contributed by atoms with E-state index in [0.29, 0.717) is 27.5 Å². The lowest BCUT2D eigenvalue weighted by molar-refractivity contribution is 0.0953. The summed E-state index contributed by atoms with van der Waals surface area (Å²) in [5, 5.41) is 7.09. The van der Waals surface area contributed by atoms with Crippen LogP contribution in [0.2, 0.25) is 5.02 Å². The molecule has 2 aromatic carbocycles. The number of hydrogen-bond acceptors (Lipinski definition) is 4. The van der Waals surface area contributed by atoms with Crippen LogP contribution in [0.15, 0.2) is 78.0 Å². The normalized spacial score (nSPS) is 10.6. The predicted octanol–water partition coefficient (Wildman–Crippen LogP) is 3.75. The van der Waals surface area contributed by atoms with Crippen LogP contribution in [0, 0.1) is 0 Å². The monoisotopic (exact) mass is 378 g/mol. The van der Waals surface area contributed by atoms with Crippen molar-refractivity contribution in [2.45, 2.75) is 0 Å². The maximum Gasteiger partial charge on any atom is 0.271 e. The van der Waals surface area contributed by atoms with Crippen LogP contribution in [0.25, 0.3) is 0 Å². The van der Waals surface area contributed by atoms with E-state index in [4.69, 9.17) is 11.6 Å². The summed E-state index contributed by atoms with van der Waals surface area (Å²) < 4.78 is 0. The number of hydrogen-bond donors (Lipinski definition) is 2. The molecule has 2 amide bonds. The first-order valence-electron chi connectivity index (χ1n) is 8.03. The molecule has 0 radical (unpaired) electrons. The molecule has 0 unspecified atom stereocenters. The zero-order valence-electron chi connectivity index (χ0n) is 14.1. The number of nitrogens with one attached hydrogen (secondary N) is 2. The number of aromatic nitrogens is 1. The fourth-order valence-electron chi connectivity index (χ4n) is 2.25. The minimum Gasteiger partial charge on any atom is -0.322 e. The lowest BCUT2D eigenvalue weighted by Gasteiger charge is -2.07. The van der Waals surface area contributed by atoms with E-state index >= 15 is 0 Å². The molecule has 0 aliphatic rings. The molecule has 3 aromatic rings. The van der Waals surface area contributed by atoms with Crippen LogP contribution in [0.5, 0.6) is 0 Å². The number of benzene rings is 2. The zero-order valence-corrected chi connectivity index (χ0v) is 14.9. The van der Waals surface area contributed by atoms with Crippen molar-refractivity contribution in [1.82, 2.24) is 10.4 Å². The van der Waals surface area contributed by atoms with E-state index in [9.17, 15) is 9.59 Å². The standard InChI is InChI=1S/C20H15ClN4O2/c21-16-7-3-5-14(11-16)19(26)24-17-9-4-6-15(12-17)20(27)25-23-13-18-8-1-2-10-22-18/h1-13H,(H,24,26)(H,25,27)/b23-13-. The van der Waals surface area contributed by atoms with Crippen LogP contribution in [-0.2, 0) is 0 Å². The fraction of sp³-hybridized carbons (Fsp3) is 0. The van der Waals surface area contributed by atoms with Gasteiger partial charge in [-0.1, -0.05) is 29.8 Å². The summed E-state index contributed by atoms with van der Waals surface area (Å²) in [6, 6.07) is 18.5. The largest absolute Gasteiger partial charge is 0.322 e. The summed E-state index contributed by atoms with van der Waals surface area (Å²) in [7, 11) is 0. The first-order chi connectivity index (χ1) is 13.1. The molecule has 3 rings (SSSR count). The van der Waals surface area contributed by atoms with E-state index in [1.807, 2.05) is 6.07 Å². The van der Waals surface area contributed by atoms with Crippen LogP contribution < -0.4 is 10.7 Å². The Balaban J connectivity index is 1.65. The summed E-state index contributed by atoms with van der Waals surface area (Å²) in [5.74, 6) is -0.718. The maximum atomic E-state index is 12.3. The topological polar surface area (TPSA) is 83.4 Å². The number of carbonyl (C=O) groups excluding carboxylic acids is 2. The maximum absolute atomic E-state index is 12.3. The highest BCUT2D eigenvalue weighted by molar-refractivity contribution is 6.31. The van der Waals surface area contributed by atoms with Gasteiger partial charge in [-0.15, -0.1) is 0 Å². The second-order valence-corrected chi connectivity index (χ2v) is 5.94. The Bertz CT molecular complexity index is 990. The highest BCUT2D eigenvalue weighted by Gasteiger charge is 2.09. The highest BCUT2D eigenvalue weighted by atomic mass is 35.5. The minimum absolute atomic E-state index is 0.316. The molecular formula is C20H15ClN4O2. The van der Waals surface area contributed by atoms with Crippen LogP contribution >= 0.6 is 11.6 Å². The summed E-state index contributed by atoms with van der Waals surface area (Å²) in [6.07, 6.45) is 3.08. The van der Waals surface area contributed by atoms with Gasteiger partial charge in [0, 0.05) is 28.0 Å². The summed E-state index contributed by atoms with van der Waals surface area (Å²) in [5.41, 5.74) is 4.33. The number of halogens is 1. The lowest BCUT2D eigenvalue weighted by Crippen LogP contribution is -2.18. The molecule has 0 fully saturated rings. The van der Waals surface area contributed by atoms with Gasteiger partial charge in [0.25, 0.3) is 11.8 Å². The molecule has 6 nitrogen and oxygen atoms in total. The van der Waals surface area contributed by atoms with Gasteiger partial charge in [-0.05, 0) is 48.5 Å². The van der Waals surface area contributed by atoms with E-state index in [-0.39, 0.29) is 5.91 Å². The molecule has 0 atom stereocenters. The Morgan fingerprint density at radius 3 is 2.44 bits per heavy atom. The number of pyridine rings is 1. The molecule has 0 spiro atoms. The number of carbonyl (C=O) groups is 2. The van der Waals surface area contributed by atoms with Gasteiger partial charge in [-0.25, -0.2) is 5.43 Å². The molecule has 0 aliphatic heterocycles. The molecule has 27 heavy (non-hydrogen) atoms. The number of hydrazone groups is 1. The van der Waals surface area contributed by atoms with Gasteiger partial charge >= 0.3 is 0 Å². The van der Waals surface area contributed by atoms with Crippen molar-refractivity contribution in [2.24, 2.45) is 5.10 Å². The van der Waals surface area contributed by atoms with Gasteiger partial charge in [0.2, 0.25) is 0 Å². The first kappa shape index (κ1) is 18.3. The second kappa shape index (κ2) is 8.73. The van der Waals surface area contributed by atoms with Crippen molar-refractivity contribution in [2.75, 3.05) is 5.32 Å². The van der Waals surface area contributed by atoms with Gasteiger partial charge in [-0.3, -0.25) is 14.6 Å². The zero-order chi connectivity index (χ0) is 19.1. The third-order valence-corrected chi connectivity index (χ3v) is 3.76. The van der Waals surface area contributed by atoms with Gasteiger partial charge < -0.3 is 5.32 Å². The Hall–Kier alpha value is -3.51. The third-order valence-electron chi connectivity index (χ3n) is 3.52. The highest BCUT2D eigenvalue weighted by Crippen LogP contribution is 2.15. The molecule has 0 saturated carbocycles. The van der Waals surface area contributed by atoms with Crippen molar-refractivity contribution in [3.05, 3.63) is 94.8 Å². The van der Waals surface area contributed by atoms with Gasteiger partial charge in [0.1, 0.15) is 0 Å². The molecular weight excluding hydrogens is 364 g/mol. The van der Waals surface area contributed by atoms with Crippen molar-refractivity contribution in [3.8, 4) is 0 Å². The summed E-state index contributed by atoms with van der Waals surface area (Å²) in [6.45, 7) is 0. The first-order valence-corrected chi connectivity index (χ1v) is 8.41. The van der Waals surface area contributed by atoms with E-state index in [0.717, 1.165) is 0 Å². The number of nitrogens with zero attached hydrogens (tertiary/aromatic N) is 2. The van der Waals surface area contributed by atoms with Crippen LogP contribution in [-0.4, -0.2) is 23.0 Å². The van der Waals surface area contributed by atoms with Crippen LogP contribution in [0.1, 0.15) is 26.4 Å². The van der Waals surface area contributed by atoms with Crippen LogP contribution in [0.3, 0.4) is 0 Å². The van der Waals surface area contributed by atoms with E-state index < -0.39 is 5.91 Å². The van der Waals surface area contributed by atoms with Crippen molar-refractivity contribution < 1.29 is 9.59 Å². The average molecular weight is 379 g/mol. The summed E-state index contributed by atoms with van der Waals surface area (Å²) in [4.78, 5) is 28.6. The van der Waals surface area contributed by atoms with Crippen molar-refractivity contribution in [1.29, 1.82) is 0 Å². The molecule has 1 heterocycles. The van der Waals surface area contributed by atoms with E-state index in [1.54, 1.807) is 66.9 Å². The summed E-state index contributed by atoms with van der Waals surface area (Å²) >= 11 is 5.90. The Morgan fingerprint density at radius 1 is 0.926 bits per heavy atom. The number of anilines is 1.